The maximum atomic E-state index is 14.2. The Morgan fingerprint density at radius 2 is 0.707 bits per heavy atom. The largest absolute Gasteiger partial charge is 0.427 e. The molecule has 5 aromatic carbocycles. The van der Waals surface area contributed by atoms with E-state index in [2.05, 4.69) is 4.98 Å². The van der Waals surface area contributed by atoms with Crippen LogP contribution >= 0.6 is 11.6 Å². The van der Waals surface area contributed by atoms with Crippen LogP contribution in [0.5, 0.6) is 5.88 Å². The zero-order valence-electron chi connectivity index (χ0n) is 36.2. The van der Waals surface area contributed by atoms with Crippen molar-refractivity contribution in [1.82, 2.24) is 4.98 Å². The molecule has 0 aliphatic heterocycles. The minimum atomic E-state index is -6.13. The van der Waals surface area contributed by atoms with E-state index in [-0.39, 0.29) is 18.4 Å². The average molecular weight is 1130 g/mol. The minimum Gasteiger partial charge on any atom is -0.427 e. The van der Waals surface area contributed by atoms with Gasteiger partial charge < -0.3 is 4.74 Å². The van der Waals surface area contributed by atoms with Gasteiger partial charge in [0, 0.05) is 5.56 Å². The molecule has 0 unspecified atom stereocenters. The van der Waals surface area contributed by atoms with Crippen LogP contribution in [0.15, 0.2) is 122 Å². The van der Waals surface area contributed by atoms with E-state index in [1.54, 1.807) is 29.1 Å². The third kappa shape index (κ3) is 14.0. The first-order valence-electron chi connectivity index (χ1n) is 20.0. The number of alkyl halides is 25. The number of ketones is 1. The van der Waals surface area contributed by atoms with Gasteiger partial charge in [0.15, 0.2) is 12.3 Å². The lowest BCUT2D eigenvalue weighted by molar-refractivity contribution is -0.688. The van der Waals surface area contributed by atoms with Crippen LogP contribution in [-0.2, 0) is 56.0 Å². The number of Topliss-reactive ketones (excluding diaryl/α,β-unsaturated/α-hetero) is 1. The van der Waals surface area contributed by atoms with Crippen LogP contribution in [0.25, 0.3) is 0 Å². The summed E-state index contributed by atoms with van der Waals surface area (Å²) in [5.74, 6) is 0.475. The smallest absolute Gasteiger partial charge is 0.416 e. The van der Waals surface area contributed by atoms with E-state index < -0.39 is 195 Å². The molecule has 404 valence electrons. The summed E-state index contributed by atoms with van der Waals surface area (Å²) in [6, 6.07) is 0.318. The lowest BCUT2D eigenvalue weighted by atomic mass is 9.12. The van der Waals surface area contributed by atoms with E-state index in [1.807, 2.05) is 18.2 Å². The lowest BCUT2D eigenvalue weighted by Crippen LogP contribution is -2.75. The molecular weight excluding hydrogens is 1100 g/mol. The molecular formula is C45H24BClF24N2O2. The summed E-state index contributed by atoms with van der Waals surface area (Å²) >= 11 is 5.51. The van der Waals surface area contributed by atoms with E-state index in [0.29, 0.717) is 11.4 Å². The normalized spacial score (nSPS) is 13.3. The van der Waals surface area contributed by atoms with E-state index in [9.17, 15) is 110 Å². The van der Waals surface area contributed by atoms with Gasteiger partial charge in [0.2, 0.25) is 12.3 Å². The second kappa shape index (κ2) is 20.8. The fourth-order valence-corrected chi connectivity index (χ4v) is 7.73. The first kappa shape index (κ1) is 59.2. The van der Waals surface area contributed by atoms with E-state index in [4.69, 9.17) is 16.3 Å². The number of carbonyl (C=O) groups excluding carboxylic acids is 1. The maximum Gasteiger partial charge on any atom is 0.416 e. The van der Waals surface area contributed by atoms with Crippen LogP contribution in [0.3, 0.4) is 0 Å². The molecule has 1 aromatic heterocycles. The number of hydrogen-bond acceptors (Lipinski definition) is 3. The van der Waals surface area contributed by atoms with Gasteiger partial charge in [-0.05, 0) is 24.3 Å². The fourth-order valence-electron chi connectivity index (χ4n) is 7.62. The Morgan fingerprint density at radius 3 is 0.947 bits per heavy atom. The molecule has 0 spiro atoms. The zero-order valence-corrected chi connectivity index (χ0v) is 37.0. The molecule has 0 N–H and O–H groups in total. The van der Waals surface area contributed by atoms with Crippen LogP contribution in [0.2, 0.25) is 0 Å². The molecule has 0 fully saturated rings. The summed E-state index contributed by atoms with van der Waals surface area (Å²) in [6.07, 6.45) is -50.0. The van der Waals surface area contributed by atoms with Gasteiger partial charge in [-0.25, -0.2) is 4.98 Å². The fraction of sp³-hybridized carbons (Fsp3) is 0.222. The summed E-state index contributed by atoms with van der Waals surface area (Å²) in [7, 11) is 0. The van der Waals surface area contributed by atoms with Crippen LogP contribution in [-0.4, -0.2) is 23.0 Å². The SMILES string of the molecule is FC(F)(F)c1cc([B-](c2cc(C(F)(F)F)cc(C(F)(F)F)c2)(c2cc(C(F)(F)F)cc(C(F)(F)F)c2)c2cc(C(F)(F)F)cc(C(F)(F)F)c2)cc(C(F)(F)F)c1.O=C(C[n+]1ccncc1OCCl)c1ccccc1. The van der Waals surface area contributed by atoms with Crippen molar-refractivity contribution in [2.24, 2.45) is 0 Å². The van der Waals surface area contributed by atoms with Crippen LogP contribution < -0.4 is 31.2 Å². The molecule has 0 saturated heterocycles. The summed E-state index contributed by atoms with van der Waals surface area (Å²) in [5.41, 5.74) is -29.5. The standard InChI is InChI=1S/C32H12BF24.C13H12ClN2O2/c34-25(35,36)13-1-14(26(37,38)39)6-21(5-13)33(22-7-15(27(40,41)42)2-16(8-22)28(43,44)45,23-9-17(29(46,47)48)3-18(10-23)30(49,50)51)24-11-19(31(52,53)54)4-20(12-24)32(55,56)57;14-10-18-13-8-15-6-7-16(13)9-12(17)11-4-2-1-3-5-11/h1-12H;1-8H,9-10H2/q-1;+1. The quantitative estimate of drug-likeness (QED) is 0.0476. The van der Waals surface area contributed by atoms with Gasteiger partial charge in [-0.2, -0.15) is 132 Å². The minimum absolute atomic E-state index is 0.00576. The zero-order chi connectivity index (χ0) is 56.7. The molecule has 0 aliphatic carbocycles. The number of ether oxygens (including phenoxy) is 1. The van der Waals surface area contributed by atoms with Gasteiger partial charge in [0.05, 0.1) is 50.7 Å². The Hall–Kier alpha value is -6.68. The Morgan fingerprint density at radius 1 is 0.440 bits per heavy atom. The third-order valence-electron chi connectivity index (χ3n) is 10.9. The summed E-state index contributed by atoms with van der Waals surface area (Å²) in [6.45, 7) is 0.193. The lowest BCUT2D eigenvalue weighted by Gasteiger charge is -2.46. The molecule has 0 saturated carbocycles. The number of hydrogen-bond donors (Lipinski definition) is 0. The number of halogens is 25. The van der Waals surface area contributed by atoms with Gasteiger partial charge >= 0.3 is 55.3 Å². The van der Waals surface area contributed by atoms with Gasteiger partial charge in [-0.1, -0.05) is 90.5 Å². The molecule has 75 heavy (non-hydrogen) atoms. The van der Waals surface area contributed by atoms with Gasteiger partial charge in [-0.15, -0.1) is 0 Å². The highest BCUT2D eigenvalue weighted by Crippen LogP contribution is 2.41. The second-order valence-corrected chi connectivity index (χ2v) is 16.0. The highest BCUT2D eigenvalue weighted by atomic mass is 35.5. The number of benzene rings is 5. The third-order valence-corrected chi connectivity index (χ3v) is 11.0. The molecule has 4 nitrogen and oxygen atoms in total. The number of carbonyl (C=O) groups is 1. The first-order valence-corrected chi connectivity index (χ1v) is 20.6. The van der Waals surface area contributed by atoms with Crippen molar-refractivity contribution in [3.8, 4) is 5.88 Å². The van der Waals surface area contributed by atoms with E-state index >= 15 is 0 Å². The van der Waals surface area contributed by atoms with Crippen molar-refractivity contribution in [1.29, 1.82) is 0 Å². The molecule has 0 amide bonds. The number of rotatable bonds is 9. The van der Waals surface area contributed by atoms with Gasteiger partial charge in [-0.3, -0.25) is 4.79 Å². The summed E-state index contributed by atoms with van der Waals surface area (Å²) in [5, 5.41) is 0. The molecule has 6 aromatic rings. The second-order valence-electron chi connectivity index (χ2n) is 15.8. The highest BCUT2D eigenvalue weighted by Gasteiger charge is 2.47. The Balaban J connectivity index is 0.000000483. The van der Waals surface area contributed by atoms with Crippen LogP contribution in [0, 0.1) is 0 Å². The molecule has 30 heteroatoms. The highest BCUT2D eigenvalue weighted by molar-refractivity contribution is 7.20. The molecule has 0 atom stereocenters. The monoisotopic (exact) mass is 1130 g/mol. The number of aromatic nitrogens is 2. The van der Waals surface area contributed by atoms with E-state index in [0.717, 1.165) is 0 Å². The van der Waals surface area contributed by atoms with Crippen molar-refractivity contribution < 1.29 is 119 Å². The van der Waals surface area contributed by atoms with Crippen molar-refractivity contribution in [2.45, 2.75) is 56.0 Å². The van der Waals surface area contributed by atoms with Gasteiger partial charge in [0.1, 0.15) is 12.3 Å². The van der Waals surface area contributed by atoms with Crippen molar-refractivity contribution >= 4 is 45.4 Å². The Bertz CT molecular complexity index is 2570. The van der Waals surface area contributed by atoms with Gasteiger partial charge in [0.25, 0.3) is 0 Å². The molecule has 1 heterocycles. The maximum absolute atomic E-state index is 14.2. The molecule has 0 bridgehead atoms. The molecule has 6 rings (SSSR count). The molecule has 0 radical (unpaired) electrons. The summed E-state index contributed by atoms with van der Waals surface area (Å²) in [4.78, 5) is 16.0. The van der Waals surface area contributed by atoms with E-state index in [1.165, 1.54) is 6.20 Å². The average Bonchev–Trinajstić information content (AvgIpc) is 3.28. The van der Waals surface area contributed by atoms with Crippen molar-refractivity contribution in [3.05, 3.63) is 172 Å². The Kier molecular flexibility index (Phi) is 16.4. The Labute approximate surface area is 409 Å². The summed E-state index contributed by atoms with van der Waals surface area (Å²) < 4.78 is 348. The predicted molar refractivity (Wildman–Crippen MR) is 217 cm³/mol. The van der Waals surface area contributed by atoms with Crippen LogP contribution in [0.1, 0.15) is 54.9 Å². The number of nitrogens with zero attached hydrogens (tertiary/aromatic N) is 2. The van der Waals surface area contributed by atoms with Crippen LogP contribution in [0.4, 0.5) is 105 Å². The first-order chi connectivity index (χ1) is 34.1. The molecule has 0 aliphatic rings. The van der Waals surface area contributed by atoms with Crippen molar-refractivity contribution in [3.63, 3.8) is 0 Å². The topological polar surface area (TPSA) is 43.1 Å². The predicted octanol–water partition coefficient (Wildman–Crippen LogP) is 13.0. The van der Waals surface area contributed by atoms with Crippen molar-refractivity contribution in [2.75, 3.05) is 6.07 Å².